The predicted molar refractivity (Wildman–Crippen MR) is 115 cm³/mol. The molecule has 1 atom stereocenters. The largest absolute Gasteiger partial charge is 0.455 e. The van der Waals surface area contributed by atoms with Crippen molar-refractivity contribution in [2.45, 2.75) is 52.0 Å². The molecule has 1 N–H and O–H groups in total. The summed E-state index contributed by atoms with van der Waals surface area (Å²) in [5, 5.41) is 2.66. The fourth-order valence-electron chi connectivity index (χ4n) is 4.33. The minimum absolute atomic E-state index is 0.00649. The van der Waals surface area contributed by atoms with Crippen molar-refractivity contribution >= 4 is 29.4 Å². The molecule has 1 saturated heterocycles. The molecular formula is C23H31N3O5. The number of benzene rings is 1. The molecule has 1 aromatic carbocycles. The third-order valence-corrected chi connectivity index (χ3v) is 6.05. The number of amides is 3. The second kappa shape index (κ2) is 10.4. The molecule has 0 unspecified atom stereocenters. The van der Waals surface area contributed by atoms with Crippen LogP contribution in [0.5, 0.6) is 0 Å². The molecule has 2 aliphatic rings. The molecule has 0 aromatic heterocycles. The second-order valence-electron chi connectivity index (χ2n) is 8.10. The topological polar surface area (TPSA) is 96.0 Å². The molecule has 0 radical (unpaired) electrons. The summed E-state index contributed by atoms with van der Waals surface area (Å²) in [4.78, 5) is 52.8. The first-order valence-corrected chi connectivity index (χ1v) is 11.1. The highest BCUT2D eigenvalue weighted by Crippen LogP contribution is 2.29. The van der Waals surface area contributed by atoms with Crippen LogP contribution < -0.4 is 5.32 Å². The van der Waals surface area contributed by atoms with E-state index in [2.05, 4.69) is 5.32 Å². The predicted octanol–water partition coefficient (Wildman–Crippen LogP) is 2.44. The van der Waals surface area contributed by atoms with Gasteiger partial charge in [0, 0.05) is 43.3 Å². The fourth-order valence-corrected chi connectivity index (χ4v) is 4.33. The van der Waals surface area contributed by atoms with Crippen LogP contribution in [-0.4, -0.2) is 65.8 Å². The fraction of sp³-hybridized carbons (Fsp3) is 0.565. The number of rotatable bonds is 8. The van der Waals surface area contributed by atoms with Gasteiger partial charge < -0.3 is 19.9 Å². The van der Waals surface area contributed by atoms with E-state index in [0.717, 1.165) is 25.7 Å². The first kappa shape index (κ1) is 22.8. The van der Waals surface area contributed by atoms with E-state index in [0.29, 0.717) is 30.9 Å². The number of carbonyl (C=O) groups is 4. The molecule has 1 aromatic rings. The van der Waals surface area contributed by atoms with Crippen molar-refractivity contribution in [2.24, 2.45) is 5.92 Å². The monoisotopic (exact) mass is 429 g/mol. The van der Waals surface area contributed by atoms with Gasteiger partial charge in [-0.05, 0) is 44.9 Å². The first-order valence-electron chi connectivity index (χ1n) is 11.1. The Hall–Kier alpha value is -2.90. The highest BCUT2D eigenvalue weighted by molar-refractivity contribution is 5.98. The van der Waals surface area contributed by atoms with Crippen LogP contribution in [0.2, 0.25) is 0 Å². The van der Waals surface area contributed by atoms with E-state index in [1.54, 1.807) is 34.1 Å². The van der Waals surface area contributed by atoms with Gasteiger partial charge in [0.15, 0.2) is 6.61 Å². The Morgan fingerprint density at radius 2 is 1.87 bits per heavy atom. The molecule has 2 fully saturated rings. The third-order valence-electron chi connectivity index (χ3n) is 6.05. The number of carbonyl (C=O) groups excluding carboxylic acids is 4. The zero-order chi connectivity index (χ0) is 22.4. The highest BCUT2D eigenvalue weighted by atomic mass is 16.5. The minimum Gasteiger partial charge on any atom is -0.455 e. The van der Waals surface area contributed by atoms with Gasteiger partial charge >= 0.3 is 5.97 Å². The molecular weight excluding hydrogens is 398 g/mol. The van der Waals surface area contributed by atoms with Crippen molar-refractivity contribution in [2.75, 3.05) is 31.6 Å². The third kappa shape index (κ3) is 5.62. The van der Waals surface area contributed by atoms with Crippen molar-refractivity contribution in [3.05, 3.63) is 29.8 Å². The Morgan fingerprint density at radius 3 is 2.55 bits per heavy atom. The Morgan fingerprint density at radius 1 is 1.16 bits per heavy atom. The number of nitrogens with zero attached hydrogens (tertiary/aromatic N) is 2. The Bertz CT molecular complexity index is 830. The van der Waals surface area contributed by atoms with Crippen LogP contribution in [0.4, 0.5) is 5.69 Å². The Balaban J connectivity index is 1.49. The van der Waals surface area contributed by atoms with E-state index >= 15 is 0 Å². The van der Waals surface area contributed by atoms with Crippen molar-refractivity contribution in [3.8, 4) is 0 Å². The van der Waals surface area contributed by atoms with Gasteiger partial charge in [0.25, 0.3) is 11.8 Å². The number of anilines is 1. The lowest BCUT2D eigenvalue weighted by molar-refractivity contribution is -0.151. The van der Waals surface area contributed by atoms with Gasteiger partial charge in [-0.3, -0.25) is 19.2 Å². The lowest BCUT2D eigenvalue weighted by atomic mass is 10.1. The van der Waals surface area contributed by atoms with E-state index in [4.69, 9.17) is 4.74 Å². The molecule has 3 rings (SSSR count). The summed E-state index contributed by atoms with van der Waals surface area (Å²) >= 11 is 0. The Labute approximate surface area is 182 Å². The maximum absolute atomic E-state index is 12.5. The molecule has 0 spiro atoms. The summed E-state index contributed by atoms with van der Waals surface area (Å²) in [6.07, 6.45) is 4.36. The van der Waals surface area contributed by atoms with Gasteiger partial charge in [-0.2, -0.15) is 0 Å². The number of nitrogens with one attached hydrogen (secondary N) is 1. The number of hydrogen-bond acceptors (Lipinski definition) is 5. The molecule has 8 heteroatoms. The van der Waals surface area contributed by atoms with Gasteiger partial charge in [-0.1, -0.05) is 18.9 Å². The number of ether oxygens (including phenoxy) is 1. The van der Waals surface area contributed by atoms with Crippen LogP contribution in [0.15, 0.2) is 24.3 Å². The smallest absolute Gasteiger partial charge is 0.311 e. The minimum atomic E-state index is -0.519. The summed E-state index contributed by atoms with van der Waals surface area (Å²) in [6, 6.07) is 6.91. The maximum atomic E-state index is 12.5. The lowest BCUT2D eigenvalue weighted by Crippen LogP contribution is -2.35. The van der Waals surface area contributed by atoms with Crippen LogP contribution >= 0.6 is 0 Å². The van der Waals surface area contributed by atoms with Gasteiger partial charge in [0.2, 0.25) is 5.91 Å². The van der Waals surface area contributed by atoms with Gasteiger partial charge in [0.1, 0.15) is 0 Å². The van der Waals surface area contributed by atoms with Crippen LogP contribution in [0.1, 0.15) is 56.3 Å². The quantitative estimate of drug-likeness (QED) is 0.641. The average Bonchev–Trinajstić information content (AvgIpc) is 3.42. The Kier molecular flexibility index (Phi) is 7.65. The molecule has 1 saturated carbocycles. The molecule has 1 heterocycles. The molecule has 1 aliphatic carbocycles. The SMILES string of the molecule is CCN(CC)C(=O)c1cccc(NC(=O)COC(=O)[C@@H]2CC(=O)N(C3CCCC3)C2)c1. The number of hydrogen-bond donors (Lipinski definition) is 1. The van der Waals surface area contributed by atoms with E-state index in [1.807, 2.05) is 13.8 Å². The van der Waals surface area contributed by atoms with Gasteiger partial charge in [-0.15, -0.1) is 0 Å². The second-order valence-corrected chi connectivity index (χ2v) is 8.10. The van der Waals surface area contributed by atoms with Crippen molar-refractivity contribution < 1.29 is 23.9 Å². The van der Waals surface area contributed by atoms with Crippen LogP contribution in [-0.2, 0) is 19.1 Å². The van der Waals surface area contributed by atoms with E-state index in [-0.39, 0.29) is 24.3 Å². The van der Waals surface area contributed by atoms with Crippen molar-refractivity contribution in [3.63, 3.8) is 0 Å². The number of likely N-dealkylation sites (tertiary alicyclic amines) is 1. The summed E-state index contributed by atoms with van der Waals surface area (Å²) in [7, 11) is 0. The normalized spacial score (nSPS) is 18.8. The van der Waals surface area contributed by atoms with Gasteiger partial charge in [-0.25, -0.2) is 0 Å². The van der Waals surface area contributed by atoms with E-state index < -0.39 is 24.4 Å². The highest BCUT2D eigenvalue weighted by Gasteiger charge is 2.39. The van der Waals surface area contributed by atoms with Crippen LogP contribution in [0.25, 0.3) is 0 Å². The summed E-state index contributed by atoms with van der Waals surface area (Å²) in [5.74, 6) is -1.64. The lowest BCUT2D eigenvalue weighted by Gasteiger charge is -2.23. The molecule has 31 heavy (non-hydrogen) atoms. The first-order chi connectivity index (χ1) is 14.9. The van der Waals surface area contributed by atoms with Crippen LogP contribution in [0, 0.1) is 5.92 Å². The maximum Gasteiger partial charge on any atom is 0.311 e. The summed E-state index contributed by atoms with van der Waals surface area (Å²) < 4.78 is 5.16. The van der Waals surface area contributed by atoms with Crippen molar-refractivity contribution in [1.29, 1.82) is 0 Å². The van der Waals surface area contributed by atoms with E-state index in [9.17, 15) is 19.2 Å². The van der Waals surface area contributed by atoms with Crippen LogP contribution in [0.3, 0.4) is 0 Å². The average molecular weight is 430 g/mol. The molecule has 168 valence electrons. The standard InChI is InChI=1S/C23H31N3O5/c1-3-25(4-2)22(29)16-8-7-9-18(12-16)24-20(27)15-31-23(30)17-13-21(28)26(14-17)19-10-5-6-11-19/h7-9,12,17,19H,3-6,10-11,13-15H2,1-2H3,(H,24,27)/t17-/m1/s1. The molecule has 3 amide bonds. The summed E-state index contributed by atoms with van der Waals surface area (Å²) in [5.41, 5.74) is 0.942. The summed E-state index contributed by atoms with van der Waals surface area (Å²) in [6.45, 7) is 4.96. The molecule has 0 bridgehead atoms. The van der Waals surface area contributed by atoms with E-state index in [1.165, 1.54) is 0 Å². The molecule has 1 aliphatic heterocycles. The number of esters is 1. The zero-order valence-corrected chi connectivity index (χ0v) is 18.3. The van der Waals surface area contributed by atoms with Gasteiger partial charge in [0.05, 0.1) is 5.92 Å². The zero-order valence-electron chi connectivity index (χ0n) is 18.3. The van der Waals surface area contributed by atoms with Crippen molar-refractivity contribution in [1.82, 2.24) is 9.80 Å². The molecule has 8 nitrogen and oxygen atoms in total.